The van der Waals surface area contributed by atoms with Crippen LogP contribution < -0.4 is 0 Å². The highest BCUT2D eigenvalue weighted by atomic mass is 79.9. The number of aromatic nitrogens is 3. The van der Waals surface area contributed by atoms with Crippen molar-refractivity contribution >= 4 is 38.9 Å². The molecular weight excluding hydrogens is 318 g/mol. The van der Waals surface area contributed by atoms with E-state index in [9.17, 15) is 4.79 Å². The van der Waals surface area contributed by atoms with Gasteiger partial charge < -0.3 is 5.11 Å². The van der Waals surface area contributed by atoms with Crippen LogP contribution in [0.1, 0.15) is 10.4 Å². The smallest absolute Gasteiger partial charge is 0.337 e. The molecule has 3 rings (SSSR count). The van der Waals surface area contributed by atoms with E-state index in [1.807, 2.05) is 11.4 Å². The molecule has 0 unspecified atom stereocenters. The number of nitrogens with zero attached hydrogens (tertiary/aromatic N) is 3. The fraction of sp³-hybridized carbons (Fsp3) is 0. The quantitative estimate of drug-likeness (QED) is 0.787. The first-order chi connectivity index (χ1) is 8.66. The second-order valence-electron chi connectivity index (χ2n) is 3.57. The standard InChI is InChI=1S/C11H6BrN3O2S/c12-7-3-4-18-9(7)10-14-13-8-2-1-6(11(16)17)5-15(8)10/h1-5H,(H,16,17). The lowest BCUT2D eigenvalue weighted by atomic mass is 10.3. The summed E-state index contributed by atoms with van der Waals surface area (Å²) < 4.78 is 2.60. The number of halogens is 1. The fourth-order valence-corrected chi connectivity index (χ4v) is 3.16. The van der Waals surface area contributed by atoms with Crippen molar-refractivity contribution in [3.05, 3.63) is 39.8 Å². The van der Waals surface area contributed by atoms with Crippen LogP contribution in [-0.2, 0) is 0 Å². The van der Waals surface area contributed by atoms with Gasteiger partial charge in [0.15, 0.2) is 11.5 Å². The van der Waals surface area contributed by atoms with Gasteiger partial charge in [0, 0.05) is 10.7 Å². The average Bonchev–Trinajstić information content (AvgIpc) is 2.93. The molecule has 7 heteroatoms. The summed E-state index contributed by atoms with van der Waals surface area (Å²) in [5, 5.41) is 19.1. The first kappa shape index (κ1) is 11.4. The second kappa shape index (κ2) is 4.18. The molecule has 0 bridgehead atoms. The highest BCUT2D eigenvalue weighted by Gasteiger charge is 2.14. The Bertz CT molecular complexity index is 750. The van der Waals surface area contributed by atoms with Crippen LogP contribution in [0, 0.1) is 0 Å². The highest BCUT2D eigenvalue weighted by molar-refractivity contribution is 9.10. The van der Waals surface area contributed by atoms with Crippen LogP contribution in [0.5, 0.6) is 0 Å². The largest absolute Gasteiger partial charge is 0.478 e. The molecule has 0 amide bonds. The molecule has 0 aliphatic heterocycles. The molecule has 90 valence electrons. The topological polar surface area (TPSA) is 67.5 Å². The van der Waals surface area contributed by atoms with E-state index in [0.717, 1.165) is 9.35 Å². The number of rotatable bonds is 2. The van der Waals surface area contributed by atoms with Gasteiger partial charge in [-0.15, -0.1) is 21.5 Å². The van der Waals surface area contributed by atoms with Crippen LogP contribution in [0.2, 0.25) is 0 Å². The summed E-state index contributed by atoms with van der Waals surface area (Å²) in [5.41, 5.74) is 0.825. The fourth-order valence-electron chi connectivity index (χ4n) is 1.63. The van der Waals surface area contributed by atoms with Crippen molar-refractivity contribution < 1.29 is 9.90 Å². The van der Waals surface area contributed by atoms with Gasteiger partial charge in [-0.3, -0.25) is 4.40 Å². The monoisotopic (exact) mass is 323 g/mol. The Kier molecular flexibility index (Phi) is 2.64. The zero-order chi connectivity index (χ0) is 12.7. The maximum Gasteiger partial charge on any atom is 0.337 e. The van der Waals surface area contributed by atoms with Crippen LogP contribution in [0.25, 0.3) is 16.3 Å². The molecule has 3 aromatic rings. The molecule has 0 spiro atoms. The number of carboxylic acids is 1. The molecule has 0 fully saturated rings. The number of carbonyl (C=O) groups is 1. The van der Waals surface area contributed by atoms with Gasteiger partial charge in [-0.25, -0.2) is 4.79 Å². The lowest BCUT2D eigenvalue weighted by Crippen LogP contribution is -1.99. The molecule has 0 aromatic carbocycles. The van der Waals surface area contributed by atoms with Crippen molar-refractivity contribution in [2.75, 3.05) is 0 Å². The van der Waals surface area contributed by atoms with Gasteiger partial charge in [0.1, 0.15) is 0 Å². The summed E-state index contributed by atoms with van der Waals surface area (Å²) in [6.07, 6.45) is 1.53. The van der Waals surface area contributed by atoms with Gasteiger partial charge in [0.2, 0.25) is 0 Å². The molecule has 0 radical (unpaired) electrons. The molecule has 5 nitrogen and oxygen atoms in total. The summed E-state index contributed by atoms with van der Waals surface area (Å²) >= 11 is 4.95. The minimum absolute atomic E-state index is 0.205. The van der Waals surface area contributed by atoms with Crippen LogP contribution >= 0.6 is 27.3 Å². The maximum atomic E-state index is 11.0. The third-order valence-corrected chi connectivity index (χ3v) is 4.30. The summed E-state index contributed by atoms with van der Waals surface area (Å²) in [6.45, 7) is 0. The predicted molar refractivity (Wildman–Crippen MR) is 71.0 cm³/mol. The van der Waals surface area contributed by atoms with Crippen LogP contribution in [-0.4, -0.2) is 25.7 Å². The summed E-state index contributed by atoms with van der Waals surface area (Å²) in [4.78, 5) is 11.9. The number of fused-ring (bicyclic) bond motifs is 1. The molecule has 0 saturated heterocycles. The third-order valence-electron chi connectivity index (χ3n) is 2.47. The summed E-state index contributed by atoms with van der Waals surface area (Å²) in [6, 6.07) is 5.07. The highest BCUT2D eigenvalue weighted by Crippen LogP contribution is 2.32. The van der Waals surface area contributed by atoms with Crippen molar-refractivity contribution in [3.8, 4) is 10.7 Å². The number of thiophene rings is 1. The van der Waals surface area contributed by atoms with E-state index in [2.05, 4.69) is 26.1 Å². The SMILES string of the molecule is O=C(O)c1ccc2nnc(-c3sccc3Br)n2c1. The van der Waals surface area contributed by atoms with E-state index in [0.29, 0.717) is 11.5 Å². The minimum Gasteiger partial charge on any atom is -0.478 e. The molecular formula is C11H6BrN3O2S. The van der Waals surface area contributed by atoms with Gasteiger partial charge in [-0.05, 0) is 39.5 Å². The first-order valence-corrected chi connectivity index (χ1v) is 6.65. The molecule has 3 heterocycles. The van der Waals surface area contributed by atoms with Crippen molar-refractivity contribution in [3.63, 3.8) is 0 Å². The lowest BCUT2D eigenvalue weighted by Gasteiger charge is -1.99. The third kappa shape index (κ3) is 1.72. The Morgan fingerprint density at radius 2 is 2.17 bits per heavy atom. The Morgan fingerprint density at radius 1 is 1.33 bits per heavy atom. The van der Waals surface area contributed by atoms with E-state index in [-0.39, 0.29) is 5.56 Å². The van der Waals surface area contributed by atoms with E-state index >= 15 is 0 Å². The summed E-state index contributed by atoms with van der Waals surface area (Å²) in [7, 11) is 0. The average molecular weight is 324 g/mol. The van der Waals surface area contributed by atoms with Gasteiger partial charge in [-0.1, -0.05) is 0 Å². The van der Waals surface area contributed by atoms with Crippen LogP contribution in [0.4, 0.5) is 0 Å². The molecule has 18 heavy (non-hydrogen) atoms. The Hall–Kier alpha value is -1.73. The molecule has 1 N–H and O–H groups in total. The zero-order valence-corrected chi connectivity index (χ0v) is 11.3. The molecule has 0 aliphatic rings. The van der Waals surface area contributed by atoms with Crippen molar-refractivity contribution in [2.45, 2.75) is 0 Å². The minimum atomic E-state index is -0.971. The normalized spacial score (nSPS) is 10.9. The van der Waals surface area contributed by atoms with Crippen molar-refractivity contribution in [2.24, 2.45) is 0 Å². The Labute approximate surface area is 114 Å². The van der Waals surface area contributed by atoms with Gasteiger partial charge >= 0.3 is 5.97 Å². The molecule has 0 aliphatic carbocycles. The molecule has 0 atom stereocenters. The summed E-state index contributed by atoms with van der Waals surface area (Å²) in [5.74, 6) is -0.336. The van der Waals surface area contributed by atoms with Crippen molar-refractivity contribution in [1.82, 2.24) is 14.6 Å². The van der Waals surface area contributed by atoms with E-state index < -0.39 is 5.97 Å². The van der Waals surface area contributed by atoms with Crippen LogP contribution in [0.15, 0.2) is 34.2 Å². The van der Waals surface area contributed by atoms with Gasteiger partial charge in [-0.2, -0.15) is 0 Å². The lowest BCUT2D eigenvalue weighted by molar-refractivity contribution is 0.0696. The van der Waals surface area contributed by atoms with Crippen molar-refractivity contribution in [1.29, 1.82) is 0 Å². The number of hydrogen-bond donors (Lipinski definition) is 1. The first-order valence-electron chi connectivity index (χ1n) is 4.98. The van der Waals surface area contributed by atoms with E-state index in [1.54, 1.807) is 10.5 Å². The number of pyridine rings is 1. The number of carboxylic acid groups (broad SMARTS) is 1. The van der Waals surface area contributed by atoms with E-state index in [4.69, 9.17) is 5.11 Å². The maximum absolute atomic E-state index is 11.0. The molecule has 0 saturated carbocycles. The molecule has 3 aromatic heterocycles. The Morgan fingerprint density at radius 3 is 2.83 bits per heavy atom. The predicted octanol–water partition coefficient (Wildman–Crippen LogP) is 2.92. The second-order valence-corrected chi connectivity index (χ2v) is 5.34. The van der Waals surface area contributed by atoms with Gasteiger partial charge in [0.05, 0.1) is 10.4 Å². The van der Waals surface area contributed by atoms with E-state index in [1.165, 1.54) is 23.6 Å². The number of hydrogen-bond acceptors (Lipinski definition) is 4. The Balaban J connectivity index is 2.27. The number of aromatic carboxylic acids is 1. The van der Waals surface area contributed by atoms with Crippen LogP contribution in [0.3, 0.4) is 0 Å². The zero-order valence-electron chi connectivity index (χ0n) is 8.87. The van der Waals surface area contributed by atoms with Gasteiger partial charge in [0.25, 0.3) is 0 Å².